The van der Waals surface area contributed by atoms with Gasteiger partial charge in [0.2, 0.25) is 11.9 Å². The van der Waals surface area contributed by atoms with Crippen LogP contribution in [0.15, 0.2) is 24.3 Å². The first-order chi connectivity index (χ1) is 12.6. The molecule has 0 bridgehead atoms. The Labute approximate surface area is 152 Å². The number of aromatic nitrogens is 4. The highest BCUT2D eigenvalue weighted by Gasteiger charge is 2.36. The first-order valence-corrected chi connectivity index (χ1v) is 9.29. The molecule has 8 nitrogen and oxygen atoms in total. The van der Waals surface area contributed by atoms with E-state index in [4.69, 9.17) is 5.73 Å². The third-order valence-electron chi connectivity index (χ3n) is 5.57. The molecule has 0 aliphatic carbocycles. The van der Waals surface area contributed by atoms with Crippen LogP contribution in [0.5, 0.6) is 0 Å². The van der Waals surface area contributed by atoms with Gasteiger partial charge in [0.25, 0.3) is 0 Å². The number of primary amides is 1. The molecule has 0 saturated carbocycles. The van der Waals surface area contributed by atoms with E-state index in [0.717, 1.165) is 57.0 Å². The number of likely N-dealkylation sites (tertiary alicyclic amines) is 1. The Morgan fingerprint density at radius 3 is 2.54 bits per heavy atom. The Morgan fingerprint density at radius 2 is 1.85 bits per heavy atom. The van der Waals surface area contributed by atoms with Crippen molar-refractivity contribution in [3.8, 4) is 5.69 Å². The number of nitrogens with two attached hydrogens (primary N) is 1. The van der Waals surface area contributed by atoms with E-state index in [9.17, 15) is 4.79 Å². The van der Waals surface area contributed by atoms with Crippen LogP contribution in [-0.2, 0) is 4.79 Å². The van der Waals surface area contributed by atoms with E-state index in [2.05, 4.69) is 44.4 Å². The van der Waals surface area contributed by atoms with Gasteiger partial charge in [0.15, 0.2) is 0 Å². The Balaban J connectivity index is 1.45. The summed E-state index contributed by atoms with van der Waals surface area (Å²) in [5.41, 5.74) is 7.74. The number of rotatable bonds is 4. The molecule has 2 N–H and O–H groups in total. The van der Waals surface area contributed by atoms with Crippen LogP contribution in [0.25, 0.3) is 5.69 Å². The molecule has 1 amide bonds. The van der Waals surface area contributed by atoms with Crippen molar-refractivity contribution in [2.75, 3.05) is 24.5 Å². The number of carbonyl (C=O) groups is 1. The maximum atomic E-state index is 11.7. The SMILES string of the molecule is Cc1ccc(-n2nnnc2N2CCC(N3CCCC3C(N)=O)CC2)cc1. The molecule has 2 aliphatic rings. The molecule has 0 radical (unpaired) electrons. The molecule has 138 valence electrons. The lowest BCUT2D eigenvalue weighted by Crippen LogP contribution is -2.50. The van der Waals surface area contributed by atoms with Crippen molar-refractivity contribution >= 4 is 11.9 Å². The second-order valence-corrected chi connectivity index (χ2v) is 7.24. The molecule has 4 rings (SSSR count). The van der Waals surface area contributed by atoms with Crippen LogP contribution in [0, 0.1) is 6.92 Å². The van der Waals surface area contributed by atoms with Crippen molar-refractivity contribution < 1.29 is 4.79 Å². The molecule has 1 aromatic heterocycles. The van der Waals surface area contributed by atoms with E-state index >= 15 is 0 Å². The van der Waals surface area contributed by atoms with Gasteiger partial charge in [-0.2, -0.15) is 4.68 Å². The molecule has 2 saturated heterocycles. The first-order valence-electron chi connectivity index (χ1n) is 9.29. The van der Waals surface area contributed by atoms with Crippen molar-refractivity contribution in [2.24, 2.45) is 5.73 Å². The number of benzene rings is 1. The predicted octanol–water partition coefficient (Wildman–Crippen LogP) is 0.889. The summed E-state index contributed by atoms with van der Waals surface area (Å²) in [6.45, 7) is 4.78. The number of hydrogen-bond donors (Lipinski definition) is 1. The lowest BCUT2D eigenvalue weighted by Gasteiger charge is -2.38. The number of aryl methyl sites for hydroxylation is 1. The van der Waals surface area contributed by atoms with Gasteiger partial charge < -0.3 is 10.6 Å². The average molecular weight is 355 g/mol. The minimum absolute atomic E-state index is 0.0931. The Morgan fingerprint density at radius 1 is 1.12 bits per heavy atom. The highest BCUT2D eigenvalue weighted by Crippen LogP contribution is 2.27. The van der Waals surface area contributed by atoms with Gasteiger partial charge in [-0.15, -0.1) is 0 Å². The first kappa shape index (κ1) is 17.0. The van der Waals surface area contributed by atoms with Gasteiger partial charge in [-0.25, -0.2) is 0 Å². The summed E-state index contributed by atoms with van der Waals surface area (Å²) in [4.78, 5) is 16.2. The molecule has 1 aromatic carbocycles. The van der Waals surface area contributed by atoms with Crippen LogP contribution < -0.4 is 10.6 Å². The van der Waals surface area contributed by atoms with Gasteiger partial charge >= 0.3 is 0 Å². The van der Waals surface area contributed by atoms with E-state index in [1.54, 1.807) is 4.68 Å². The Hall–Kier alpha value is -2.48. The zero-order chi connectivity index (χ0) is 18.1. The fraction of sp³-hybridized carbons (Fsp3) is 0.556. The van der Waals surface area contributed by atoms with E-state index in [1.165, 1.54) is 5.56 Å². The summed E-state index contributed by atoms with van der Waals surface area (Å²) < 4.78 is 1.79. The van der Waals surface area contributed by atoms with Crippen molar-refractivity contribution in [3.63, 3.8) is 0 Å². The predicted molar refractivity (Wildman–Crippen MR) is 98.0 cm³/mol. The summed E-state index contributed by atoms with van der Waals surface area (Å²) in [5.74, 6) is 0.591. The molecule has 1 atom stereocenters. The minimum Gasteiger partial charge on any atom is -0.368 e. The minimum atomic E-state index is -0.187. The molecular formula is C18H25N7O. The number of tetrazole rings is 1. The molecule has 0 spiro atoms. The smallest absolute Gasteiger partial charge is 0.250 e. The van der Waals surface area contributed by atoms with Gasteiger partial charge in [0.1, 0.15) is 0 Å². The van der Waals surface area contributed by atoms with Crippen LogP contribution in [0.2, 0.25) is 0 Å². The number of amides is 1. The maximum absolute atomic E-state index is 11.7. The number of nitrogens with zero attached hydrogens (tertiary/aromatic N) is 6. The Kier molecular flexibility index (Phi) is 4.58. The van der Waals surface area contributed by atoms with Crippen molar-refractivity contribution in [1.82, 2.24) is 25.1 Å². The fourth-order valence-electron chi connectivity index (χ4n) is 4.16. The van der Waals surface area contributed by atoms with Crippen LogP contribution in [-0.4, -0.2) is 62.7 Å². The van der Waals surface area contributed by atoms with Gasteiger partial charge in [-0.05, 0) is 61.7 Å². The van der Waals surface area contributed by atoms with E-state index in [0.29, 0.717) is 6.04 Å². The zero-order valence-electron chi connectivity index (χ0n) is 15.1. The lowest BCUT2D eigenvalue weighted by molar-refractivity contribution is -0.123. The summed E-state index contributed by atoms with van der Waals surface area (Å²) >= 11 is 0. The number of hydrogen-bond acceptors (Lipinski definition) is 6. The van der Waals surface area contributed by atoms with Gasteiger partial charge in [0.05, 0.1) is 11.7 Å². The van der Waals surface area contributed by atoms with Crippen LogP contribution in [0.1, 0.15) is 31.2 Å². The zero-order valence-corrected chi connectivity index (χ0v) is 15.1. The third-order valence-corrected chi connectivity index (χ3v) is 5.57. The Bertz CT molecular complexity index is 764. The van der Waals surface area contributed by atoms with Gasteiger partial charge in [0, 0.05) is 19.1 Å². The highest BCUT2D eigenvalue weighted by atomic mass is 16.1. The molecule has 2 fully saturated rings. The normalized spacial score (nSPS) is 22.0. The van der Waals surface area contributed by atoms with Crippen molar-refractivity contribution in [2.45, 2.75) is 44.7 Å². The van der Waals surface area contributed by atoms with E-state index < -0.39 is 0 Å². The van der Waals surface area contributed by atoms with Crippen LogP contribution >= 0.6 is 0 Å². The molecule has 1 unspecified atom stereocenters. The quantitative estimate of drug-likeness (QED) is 0.875. The van der Waals surface area contributed by atoms with Crippen LogP contribution in [0.3, 0.4) is 0 Å². The van der Waals surface area contributed by atoms with Crippen LogP contribution in [0.4, 0.5) is 5.95 Å². The second-order valence-electron chi connectivity index (χ2n) is 7.24. The van der Waals surface area contributed by atoms with Gasteiger partial charge in [-0.1, -0.05) is 22.8 Å². The monoisotopic (exact) mass is 355 g/mol. The molecule has 2 aliphatic heterocycles. The largest absolute Gasteiger partial charge is 0.368 e. The molecular weight excluding hydrogens is 330 g/mol. The number of carbonyl (C=O) groups excluding carboxylic acids is 1. The maximum Gasteiger partial charge on any atom is 0.250 e. The fourth-order valence-corrected chi connectivity index (χ4v) is 4.16. The second kappa shape index (κ2) is 7.03. The van der Waals surface area contributed by atoms with E-state index in [1.807, 2.05) is 12.1 Å². The summed E-state index contributed by atoms with van der Waals surface area (Å²) in [7, 11) is 0. The van der Waals surface area contributed by atoms with E-state index in [-0.39, 0.29) is 11.9 Å². The summed E-state index contributed by atoms with van der Waals surface area (Å²) in [6.07, 6.45) is 3.93. The summed E-state index contributed by atoms with van der Waals surface area (Å²) in [6, 6.07) is 8.50. The highest BCUT2D eigenvalue weighted by molar-refractivity contribution is 5.80. The standard InChI is InChI=1S/C18H25N7O/c1-13-4-6-15(7-5-13)25-18(20-21-22-25)23-11-8-14(9-12-23)24-10-2-3-16(24)17(19)26/h4-7,14,16H,2-3,8-12H2,1H3,(H2,19,26). The topological polar surface area (TPSA) is 93.2 Å². The van der Waals surface area contributed by atoms with Crippen molar-refractivity contribution in [1.29, 1.82) is 0 Å². The molecule has 3 heterocycles. The molecule has 8 heteroatoms. The van der Waals surface area contributed by atoms with Gasteiger partial charge in [-0.3, -0.25) is 9.69 Å². The lowest BCUT2D eigenvalue weighted by atomic mass is 10.0. The number of anilines is 1. The molecule has 26 heavy (non-hydrogen) atoms. The van der Waals surface area contributed by atoms with Crippen molar-refractivity contribution in [3.05, 3.63) is 29.8 Å². The average Bonchev–Trinajstić information content (AvgIpc) is 3.32. The third kappa shape index (κ3) is 3.16. The number of piperidine rings is 1. The summed E-state index contributed by atoms with van der Waals surface area (Å²) in [5, 5.41) is 12.3. The molecule has 2 aromatic rings.